The molecule has 0 saturated carbocycles. The van der Waals surface area contributed by atoms with Crippen LogP contribution in [0.1, 0.15) is 38.2 Å². The normalized spacial score (nSPS) is 21.2. The lowest BCUT2D eigenvalue weighted by molar-refractivity contribution is 0.471. The first-order chi connectivity index (χ1) is 7.29. The highest BCUT2D eigenvalue weighted by molar-refractivity contribution is 9.10. The second-order valence-corrected chi connectivity index (χ2v) is 5.20. The summed E-state index contributed by atoms with van der Waals surface area (Å²) in [5, 5.41) is 0. The molecule has 1 aliphatic carbocycles. The second kappa shape index (κ2) is 4.98. The lowest BCUT2D eigenvalue weighted by Gasteiger charge is -2.20. The van der Waals surface area contributed by atoms with Gasteiger partial charge in [-0.25, -0.2) is 0 Å². The molecule has 2 rings (SSSR count). The zero-order chi connectivity index (χ0) is 10.7. The van der Waals surface area contributed by atoms with Crippen LogP contribution in [0.4, 0.5) is 0 Å². The summed E-state index contributed by atoms with van der Waals surface area (Å²) in [6, 6.07) is 8.68. The largest absolute Gasteiger partial charge is 0.0804 e. The number of hydrogen-bond acceptors (Lipinski definition) is 0. The van der Waals surface area contributed by atoms with Crippen LogP contribution < -0.4 is 0 Å². The summed E-state index contributed by atoms with van der Waals surface area (Å²) >= 11 is 3.47. The van der Waals surface area contributed by atoms with Crippen molar-refractivity contribution in [3.63, 3.8) is 0 Å². The van der Waals surface area contributed by atoms with Gasteiger partial charge in [0.25, 0.3) is 0 Å². The molecule has 1 aliphatic rings. The third-order valence-corrected chi connectivity index (χ3v) is 3.84. The molecule has 1 aromatic carbocycles. The maximum Gasteiger partial charge on any atom is 0.0175 e. The van der Waals surface area contributed by atoms with Crippen molar-refractivity contribution in [3.05, 3.63) is 40.4 Å². The van der Waals surface area contributed by atoms with E-state index in [0.29, 0.717) is 0 Å². The summed E-state index contributed by atoms with van der Waals surface area (Å²) < 4.78 is 1.16. The zero-order valence-electron chi connectivity index (χ0n) is 9.17. The molecule has 0 aromatic heterocycles. The summed E-state index contributed by atoms with van der Waals surface area (Å²) in [6.45, 7) is 2.29. The maximum absolute atomic E-state index is 3.47. The molecule has 0 nitrogen and oxygen atoms in total. The van der Waals surface area contributed by atoms with Gasteiger partial charge in [0.2, 0.25) is 0 Å². The van der Waals surface area contributed by atoms with Gasteiger partial charge in [-0.05, 0) is 48.4 Å². The Morgan fingerprint density at radius 3 is 2.53 bits per heavy atom. The monoisotopic (exact) mass is 264 g/mol. The van der Waals surface area contributed by atoms with Crippen LogP contribution in [-0.4, -0.2) is 0 Å². The fourth-order valence-corrected chi connectivity index (χ4v) is 2.45. The topological polar surface area (TPSA) is 0 Å². The molecular formula is C14H17Br. The van der Waals surface area contributed by atoms with Gasteiger partial charge in [0.1, 0.15) is 0 Å². The molecule has 0 N–H and O–H groups in total. The van der Waals surface area contributed by atoms with Crippen molar-refractivity contribution in [2.75, 3.05) is 0 Å². The number of benzene rings is 1. The maximum atomic E-state index is 3.47. The summed E-state index contributed by atoms with van der Waals surface area (Å²) in [5.41, 5.74) is 2.93. The molecule has 1 atom stereocenters. The first kappa shape index (κ1) is 10.9. The summed E-state index contributed by atoms with van der Waals surface area (Å²) in [4.78, 5) is 0. The first-order valence-corrected chi connectivity index (χ1v) is 6.54. The van der Waals surface area contributed by atoms with Gasteiger partial charge in [-0.1, -0.05) is 47.5 Å². The number of allylic oxidation sites excluding steroid dienone is 2. The Labute approximate surface area is 101 Å². The van der Waals surface area contributed by atoms with E-state index in [-0.39, 0.29) is 0 Å². The average molecular weight is 265 g/mol. The van der Waals surface area contributed by atoms with Gasteiger partial charge in [0.05, 0.1) is 0 Å². The quantitative estimate of drug-likeness (QED) is 0.702. The van der Waals surface area contributed by atoms with E-state index in [4.69, 9.17) is 0 Å². The van der Waals surface area contributed by atoms with E-state index in [1.807, 2.05) is 0 Å². The molecule has 1 heteroatoms. The Hall–Kier alpha value is -0.560. The lowest BCUT2D eigenvalue weighted by atomic mass is 9.85. The summed E-state index contributed by atoms with van der Waals surface area (Å²) in [5.74, 6) is 0.921. The van der Waals surface area contributed by atoms with Crippen molar-refractivity contribution in [2.45, 2.75) is 32.6 Å². The van der Waals surface area contributed by atoms with Crippen molar-refractivity contribution in [2.24, 2.45) is 5.92 Å². The molecule has 0 amide bonds. The Bertz CT molecular complexity index is 348. The molecule has 1 aromatic rings. The van der Waals surface area contributed by atoms with Crippen LogP contribution in [0.15, 0.2) is 34.8 Å². The Morgan fingerprint density at radius 2 is 2.00 bits per heavy atom. The number of rotatable bonds is 2. The van der Waals surface area contributed by atoms with Crippen molar-refractivity contribution in [1.29, 1.82) is 0 Å². The van der Waals surface area contributed by atoms with E-state index in [2.05, 4.69) is 53.2 Å². The minimum absolute atomic E-state index is 0.921. The molecular weight excluding hydrogens is 248 g/mol. The number of hydrogen-bond donors (Lipinski definition) is 0. The fraction of sp³-hybridized carbons (Fsp3) is 0.429. The molecule has 0 radical (unpaired) electrons. The van der Waals surface area contributed by atoms with Gasteiger partial charge >= 0.3 is 0 Å². The third kappa shape index (κ3) is 2.72. The molecule has 0 heterocycles. The SMILES string of the molecule is CCC1CC=C(c2ccc(Br)cc2)CC1. The Morgan fingerprint density at radius 1 is 1.27 bits per heavy atom. The van der Waals surface area contributed by atoms with Crippen LogP contribution in [0.3, 0.4) is 0 Å². The molecule has 80 valence electrons. The minimum Gasteiger partial charge on any atom is -0.0804 e. The Kier molecular flexibility index (Phi) is 3.63. The summed E-state index contributed by atoms with van der Waals surface area (Å²) in [6.07, 6.45) is 7.63. The smallest absolute Gasteiger partial charge is 0.0175 e. The molecule has 0 fully saturated rings. The van der Waals surface area contributed by atoms with Gasteiger partial charge in [-0.3, -0.25) is 0 Å². The molecule has 15 heavy (non-hydrogen) atoms. The van der Waals surface area contributed by atoms with Gasteiger partial charge < -0.3 is 0 Å². The van der Waals surface area contributed by atoms with Crippen molar-refractivity contribution in [3.8, 4) is 0 Å². The van der Waals surface area contributed by atoms with Crippen LogP contribution in [-0.2, 0) is 0 Å². The molecule has 1 unspecified atom stereocenters. The second-order valence-electron chi connectivity index (χ2n) is 4.28. The van der Waals surface area contributed by atoms with E-state index in [9.17, 15) is 0 Å². The highest BCUT2D eigenvalue weighted by Crippen LogP contribution is 2.31. The van der Waals surface area contributed by atoms with Crippen molar-refractivity contribution in [1.82, 2.24) is 0 Å². The van der Waals surface area contributed by atoms with Gasteiger partial charge in [-0.15, -0.1) is 0 Å². The van der Waals surface area contributed by atoms with Gasteiger partial charge in [0, 0.05) is 4.47 Å². The van der Waals surface area contributed by atoms with E-state index in [1.54, 1.807) is 0 Å². The van der Waals surface area contributed by atoms with Gasteiger partial charge in [0.15, 0.2) is 0 Å². The average Bonchev–Trinajstić information content (AvgIpc) is 2.30. The standard InChI is InChI=1S/C14H17Br/c1-2-11-3-5-12(6-4-11)13-7-9-14(15)10-8-13/h5,7-11H,2-4,6H2,1H3. The van der Waals surface area contributed by atoms with Crippen molar-refractivity contribution < 1.29 is 0 Å². The predicted octanol–water partition coefficient (Wildman–Crippen LogP) is 5.04. The highest BCUT2D eigenvalue weighted by atomic mass is 79.9. The zero-order valence-corrected chi connectivity index (χ0v) is 10.8. The first-order valence-electron chi connectivity index (χ1n) is 5.74. The van der Waals surface area contributed by atoms with E-state index in [0.717, 1.165) is 10.4 Å². The van der Waals surface area contributed by atoms with E-state index in [1.165, 1.54) is 36.8 Å². The number of halogens is 1. The predicted molar refractivity (Wildman–Crippen MR) is 69.8 cm³/mol. The van der Waals surface area contributed by atoms with Crippen LogP contribution >= 0.6 is 15.9 Å². The van der Waals surface area contributed by atoms with E-state index < -0.39 is 0 Å². The Balaban J connectivity index is 2.12. The van der Waals surface area contributed by atoms with Crippen LogP contribution in [0.5, 0.6) is 0 Å². The minimum atomic E-state index is 0.921. The molecule has 0 saturated heterocycles. The van der Waals surface area contributed by atoms with Crippen LogP contribution in [0.2, 0.25) is 0 Å². The molecule has 0 spiro atoms. The molecule has 0 bridgehead atoms. The molecule has 0 aliphatic heterocycles. The van der Waals surface area contributed by atoms with Gasteiger partial charge in [-0.2, -0.15) is 0 Å². The third-order valence-electron chi connectivity index (χ3n) is 3.31. The highest BCUT2D eigenvalue weighted by Gasteiger charge is 2.13. The van der Waals surface area contributed by atoms with Crippen LogP contribution in [0, 0.1) is 5.92 Å². The van der Waals surface area contributed by atoms with Crippen LogP contribution in [0.25, 0.3) is 5.57 Å². The van der Waals surface area contributed by atoms with Crippen molar-refractivity contribution >= 4 is 21.5 Å². The fourth-order valence-electron chi connectivity index (χ4n) is 2.19. The van der Waals surface area contributed by atoms with E-state index >= 15 is 0 Å². The summed E-state index contributed by atoms with van der Waals surface area (Å²) in [7, 11) is 0. The lowest BCUT2D eigenvalue weighted by Crippen LogP contribution is -2.03.